The summed E-state index contributed by atoms with van der Waals surface area (Å²) in [6, 6.07) is 5.86. The summed E-state index contributed by atoms with van der Waals surface area (Å²) in [5, 5.41) is 13.9. The summed E-state index contributed by atoms with van der Waals surface area (Å²) in [5.41, 5.74) is 1.01. The van der Waals surface area contributed by atoms with E-state index in [9.17, 15) is 0 Å². The van der Waals surface area contributed by atoms with E-state index in [4.69, 9.17) is 28.3 Å². The second-order valence-corrected chi connectivity index (χ2v) is 4.78. The van der Waals surface area contributed by atoms with Gasteiger partial charge in [0.15, 0.2) is 0 Å². The quantitative estimate of drug-likeness (QED) is 0.859. The number of halogens is 2. The molecule has 1 saturated carbocycles. The van der Waals surface area contributed by atoms with Crippen molar-refractivity contribution >= 4 is 23.2 Å². The minimum atomic E-state index is -0.127. The summed E-state index contributed by atoms with van der Waals surface area (Å²) in [6.45, 7) is 0.705. The van der Waals surface area contributed by atoms with E-state index in [2.05, 4.69) is 5.32 Å². The molecule has 1 fully saturated rings. The third-order valence-electron chi connectivity index (χ3n) is 2.70. The molecule has 2 nitrogen and oxygen atoms in total. The number of benzene rings is 1. The number of aliphatic hydroxyl groups excluding tert-OH is 1. The SMILES string of the molecule is OC1CC(NCc2cc(Cl)ccc2Cl)C1. The van der Waals surface area contributed by atoms with Gasteiger partial charge < -0.3 is 10.4 Å². The zero-order valence-corrected chi connectivity index (χ0v) is 9.72. The van der Waals surface area contributed by atoms with Gasteiger partial charge in [-0.25, -0.2) is 0 Å². The summed E-state index contributed by atoms with van der Waals surface area (Å²) in [5.74, 6) is 0. The minimum Gasteiger partial charge on any atom is -0.393 e. The molecule has 0 amide bonds. The van der Waals surface area contributed by atoms with Crippen molar-refractivity contribution in [3.63, 3.8) is 0 Å². The first-order valence-electron chi connectivity index (χ1n) is 5.00. The molecular weight excluding hydrogens is 233 g/mol. The van der Waals surface area contributed by atoms with Gasteiger partial charge in [-0.1, -0.05) is 23.2 Å². The standard InChI is InChI=1S/C11H13Cl2NO/c12-8-1-2-11(13)7(3-8)6-14-9-4-10(15)5-9/h1-3,9-10,14-15H,4-6H2. The number of rotatable bonds is 3. The minimum absolute atomic E-state index is 0.127. The molecule has 1 aromatic carbocycles. The van der Waals surface area contributed by atoms with Crippen LogP contribution in [-0.4, -0.2) is 17.3 Å². The molecule has 0 saturated heterocycles. The van der Waals surface area contributed by atoms with Crippen molar-refractivity contribution in [1.29, 1.82) is 0 Å². The van der Waals surface area contributed by atoms with E-state index < -0.39 is 0 Å². The van der Waals surface area contributed by atoms with Crippen LogP contribution in [0.1, 0.15) is 18.4 Å². The first-order valence-corrected chi connectivity index (χ1v) is 5.76. The monoisotopic (exact) mass is 245 g/mol. The molecule has 1 aromatic rings. The molecule has 0 heterocycles. The first-order chi connectivity index (χ1) is 7.15. The normalized spacial score (nSPS) is 25.0. The lowest BCUT2D eigenvalue weighted by molar-refractivity contribution is 0.0619. The average molecular weight is 246 g/mol. The van der Waals surface area contributed by atoms with Gasteiger partial charge in [0, 0.05) is 22.6 Å². The van der Waals surface area contributed by atoms with E-state index in [0.29, 0.717) is 17.6 Å². The van der Waals surface area contributed by atoms with E-state index in [1.165, 1.54) is 0 Å². The van der Waals surface area contributed by atoms with E-state index in [1.54, 1.807) is 12.1 Å². The zero-order chi connectivity index (χ0) is 10.8. The molecule has 1 aliphatic carbocycles. The summed E-state index contributed by atoms with van der Waals surface area (Å²) in [6.07, 6.45) is 1.54. The van der Waals surface area contributed by atoms with Crippen LogP contribution >= 0.6 is 23.2 Å². The highest BCUT2D eigenvalue weighted by molar-refractivity contribution is 6.33. The predicted molar refractivity (Wildman–Crippen MR) is 62.3 cm³/mol. The Morgan fingerprint density at radius 3 is 2.73 bits per heavy atom. The molecule has 0 atom stereocenters. The highest BCUT2D eigenvalue weighted by atomic mass is 35.5. The van der Waals surface area contributed by atoms with Crippen molar-refractivity contribution in [2.45, 2.75) is 31.5 Å². The molecule has 0 unspecified atom stereocenters. The van der Waals surface area contributed by atoms with Crippen LogP contribution in [-0.2, 0) is 6.54 Å². The highest BCUT2D eigenvalue weighted by Crippen LogP contribution is 2.23. The molecule has 1 aliphatic rings. The van der Waals surface area contributed by atoms with Crippen LogP contribution in [0.4, 0.5) is 0 Å². The van der Waals surface area contributed by atoms with Gasteiger partial charge >= 0.3 is 0 Å². The Kier molecular flexibility index (Phi) is 3.52. The van der Waals surface area contributed by atoms with Crippen molar-refractivity contribution in [2.75, 3.05) is 0 Å². The van der Waals surface area contributed by atoms with Gasteiger partial charge in [-0.3, -0.25) is 0 Å². The van der Waals surface area contributed by atoms with Crippen LogP contribution in [0.2, 0.25) is 10.0 Å². The Hall–Kier alpha value is -0.280. The Bertz CT molecular complexity index is 350. The van der Waals surface area contributed by atoms with Crippen molar-refractivity contribution in [3.8, 4) is 0 Å². The van der Waals surface area contributed by atoms with Crippen LogP contribution in [0.25, 0.3) is 0 Å². The second-order valence-electron chi connectivity index (χ2n) is 3.94. The molecule has 0 radical (unpaired) electrons. The maximum Gasteiger partial charge on any atom is 0.0570 e. The van der Waals surface area contributed by atoms with Crippen molar-refractivity contribution in [1.82, 2.24) is 5.32 Å². The molecule has 0 aliphatic heterocycles. The second kappa shape index (κ2) is 4.71. The smallest absolute Gasteiger partial charge is 0.0570 e. The first kappa shape index (κ1) is 11.2. The van der Waals surface area contributed by atoms with Crippen molar-refractivity contribution in [3.05, 3.63) is 33.8 Å². The van der Waals surface area contributed by atoms with Gasteiger partial charge in [0.1, 0.15) is 0 Å². The summed E-state index contributed by atoms with van der Waals surface area (Å²) >= 11 is 11.9. The third kappa shape index (κ3) is 2.85. The Balaban J connectivity index is 1.90. The van der Waals surface area contributed by atoms with Crippen molar-refractivity contribution in [2.24, 2.45) is 0 Å². The fourth-order valence-electron chi connectivity index (χ4n) is 1.69. The topological polar surface area (TPSA) is 32.3 Å². The highest BCUT2D eigenvalue weighted by Gasteiger charge is 2.26. The molecule has 4 heteroatoms. The average Bonchev–Trinajstić information content (AvgIpc) is 2.16. The lowest BCUT2D eigenvalue weighted by atomic mass is 9.89. The predicted octanol–water partition coefficient (Wildman–Crippen LogP) is 2.61. The lowest BCUT2D eigenvalue weighted by Gasteiger charge is -2.32. The molecule has 82 valence electrons. The van der Waals surface area contributed by atoms with Gasteiger partial charge in [0.25, 0.3) is 0 Å². The van der Waals surface area contributed by atoms with Crippen LogP contribution < -0.4 is 5.32 Å². The number of aliphatic hydroxyl groups is 1. The third-order valence-corrected chi connectivity index (χ3v) is 3.31. The molecule has 0 aromatic heterocycles. The molecule has 2 N–H and O–H groups in total. The lowest BCUT2D eigenvalue weighted by Crippen LogP contribution is -2.43. The fraction of sp³-hybridized carbons (Fsp3) is 0.455. The van der Waals surface area contributed by atoms with Gasteiger partial charge in [0.2, 0.25) is 0 Å². The van der Waals surface area contributed by atoms with E-state index in [0.717, 1.165) is 23.4 Å². The van der Waals surface area contributed by atoms with Crippen LogP contribution in [0.15, 0.2) is 18.2 Å². The molecule has 0 spiro atoms. The van der Waals surface area contributed by atoms with Crippen LogP contribution in [0.3, 0.4) is 0 Å². The van der Waals surface area contributed by atoms with Crippen LogP contribution in [0.5, 0.6) is 0 Å². The Morgan fingerprint density at radius 1 is 1.33 bits per heavy atom. The number of hydrogen-bond donors (Lipinski definition) is 2. The fourth-order valence-corrected chi connectivity index (χ4v) is 2.07. The van der Waals surface area contributed by atoms with Crippen LogP contribution in [0, 0.1) is 0 Å². The Labute approximate surface area is 99.2 Å². The molecule has 2 rings (SSSR count). The van der Waals surface area contributed by atoms with Gasteiger partial charge in [-0.05, 0) is 36.6 Å². The van der Waals surface area contributed by atoms with Gasteiger partial charge in [-0.2, -0.15) is 0 Å². The number of hydrogen-bond acceptors (Lipinski definition) is 2. The molecule has 15 heavy (non-hydrogen) atoms. The molecule has 0 bridgehead atoms. The maximum atomic E-state index is 9.13. The maximum absolute atomic E-state index is 9.13. The van der Waals surface area contributed by atoms with E-state index in [-0.39, 0.29) is 6.10 Å². The summed E-state index contributed by atoms with van der Waals surface area (Å²) < 4.78 is 0. The summed E-state index contributed by atoms with van der Waals surface area (Å²) in [4.78, 5) is 0. The summed E-state index contributed by atoms with van der Waals surface area (Å²) in [7, 11) is 0. The van der Waals surface area contributed by atoms with Crippen molar-refractivity contribution < 1.29 is 5.11 Å². The molecular formula is C11H13Cl2NO. The largest absolute Gasteiger partial charge is 0.393 e. The zero-order valence-electron chi connectivity index (χ0n) is 8.21. The van der Waals surface area contributed by atoms with E-state index >= 15 is 0 Å². The van der Waals surface area contributed by atoms with Gasteiger partial charge in [-0.15, -0.1) is 0 Å². The van der Waals surface area contributed by atoms with E-state index in [1.807, 2.05) is 6.07 Å². The Morgan fingerprint density at radius 2 is 2.07 bits per heavy atom. The number of nitrogens with one attached hydrogen (secondary N) is 1. The van der Waals surface area contributed by atoms with Gasteiger partial charge in [0.05, 0.1) is 6.10 Å².